The van der Waals surface area contributed by atoms with Gasteiger partial charge in [-0.3, -0.25) is 14.8 Å². The van der Waals surface area contributed by atoms with Crippen molar-refractivity contribution in [2.45, 2.75) is 18.8 Å². The quantitative estimate of drug-likeness (QED) is 0.730. The molecule has 0 amide bonds. The number of anilines is 1. The molecule has 0 aromatic carbocycles. The van der Waals surface area contributed by atoms with Crippen molar-refractivity contribution in [1.29, 1.82) is 0 Å². The molecule has 2 heterocycles. The van der Waals surface area contributed by atoms with E-state index in [-0.39, 0.29) is 25.9 Å². The lowest BCUT2D eigenvalue weighted by Gasteiger charge is -2.32. The maximum atomic E-state index is 12.9. The van der Waals surface area contributed by atoms with Gasteiger partial charge in [-0.2, -0.15) is 0 Å². The van der Waals surface area contributed by atoms with E-state index in [4.69, 9.17) is 0 Å². The fourth-order valence-electron chi connectivity index (χ4n) is 1.70. The first-order valence-electron chi connectivity index (χ1n) is 4.93. The number of hydrogen-bond donors (Lipinski definition) is 2. The number of H-pyrrole nitrogens is 2. The molecule has 1 aromatic heterocycles. The van der Waals surface area contributed by atoms with Gasteiger partial charge in [-0.25, -0.2) is 13.6 Å². The van der Waals surface area contributed by atoms with E-state index in [1.165, 1.54) is 6.07 Å². The molecule has 0 saturated carbocycles. The first-order chi connectivity index (χ1) is 7.46. The third-order valence-electron chi connectivity index (χ3n) is 2.58. The monoisotopic (exact) mass is 231 g/mol. The lowest BCUT2D eigenvalue weighted by molar-refractivity contribution is -0.0221. The van der Waals surface area contributed by atoms with Gasteiger partial charge in [0.1, 0.15) is 5.82 Å². The highest BCUT2D eigenvalue weighted by atomic mass is 19.3. The number of aromatic nitrogens is 2. The van der Waals surface area contributed by atoms with Gasteiger partial charge in [-0.15, -0.1) is 0 Å². The standard InChI is InChI=1S/C9H11F2N3O2/c10-9(11)1-3-14(4-2-9)6-5-7(15)13-8(16)12-6/h5H,1-4H2,(H2,12,13,15,16). The minimum atomic E-state index is -2.64. The van der Waals surface area contributed by atoms with Crippen molar-refractivity contribution in [3.05, 3.63) is 26.9 Å². The molecule has 1 aliphatic heterocycles. The van der Waals surface area contributed by atoms with Crippen LogP contribution in [0, 0.1) is 0 Å². The predicted octanol–water partition coefficient (Wildman–Crippen LogP) is 0.299. The zero-order chi connectivity index (χ0) is 11.8. The van der Waals surface area contributed by atoms with Crippen LogP contribution in [0.25, 0.3) is 0 Å². The first kappa shape index (κ1) is 10.8. The first-order valence-corrected chi connectivity index (χ1v) is 4.93. The summed E-state index contributed by atoms with van der Waals surface area (Å²) in [6, 6.07) is 1.20. The van der Waals surface area contributed by atoms with Gasteiger partial charge < -0.3 is 4.90 Å². The van der Waals surface area contributed by atoms with E-state index in [9.17, 15) is 18.4 Å². The van der Waals surface area contributed by atoms with Gasteiger partial charge in [0, 0.05) is 32.0 Å². The van der Waals surface area contributed by atoms with Crippen LogP contribution in [0.1, 0.15) is 12.8 Å². The molecular formula is C9H11F2N3O2. The molecular weight excluding hydrogens is 220 g/mol. The van der Waals surface area contributed by atoms with Crippen molar-refractivity contribution in [3.63, 3.8) is 0 Å². The summed E-state index contributed by atoms with van der Waals surface area (Å²) < 4.78 is 25.8. The Labute approximate surface area is 89.1 Å². The molecule has 2 N–H and O–H groups in total. The Hall–Kier alpha value is -1.66. The molecule has 5 nitrogen and oxygen atoms in total. The van der Waals surface area contributed by atoms with Crippen molar-refractivity contribution in [2.75, 3.05) is 18.0 Å². The number of halogens is 2. The van der Waals surface area contributed by atoms with E-state index >= 15 is 0 Å². The highest BCUT2D eigenvalue weighted by molar-refractivity contribution is 5.37. The summed E-state index contributed by atoms with van der Waals surface area (Å²) in [6.45, 7) is 0.263. The van der Waals surface area contributed by atoms with Gasteiger partial charge in [0.25, 0.3) is 11.5 Å². The molecule has 16 heavy (non-hydrogen) atoms. The Morgan fingerprint density at radius 3 is 2.38 bits per heavy atom. The minimum absolute atomic E-state index is 0.131. The average molecular weight is 231 g/mol. The van der Waals surface area contributed by atoms with Crippen LogP contribution in [0.5, 0.6) is 0 Å². The summed E-state index contributed by atoms with van der Waals surface area (Å²) in [5, 5.41) is 0. The number of alkyl halides is 2. The van der Waals surface area contributed by atoms with Crippen molar-refractivity contribution in [2.24, 2.45) is 0 Å². The summed E-state index contributed by atoms with van der Waals surface area (Å²) >= 11 is 0. The van der Waals surface area contributed by atoms with Crippen LogP contribution in [0.15, 0.2) is 15.7 Å². The molecule has 2 rings (SSSR count). The van der Waals surface area contributed by atoms with Crippen LogP contribution >= 0.6 is 0 Å². The van der Waals surface area contributed by atoms with Gasteiger partial charge in [-0.05, 0) is 0 Å². The number of nitrogens with zero attached hydrogens (tertiary/aromatic N) is 1. The van der Waals surface area contributed by atoms with E-state index in [1.54, 1.807) is 4.90 Å². The summed E-state index contributed by atoms with van der Waals surface area (Å²) in [4.78, 5) is 28.0. The second kappa shape index (κ2) is 3.73. The lowest BCUT2D eigenvalue weighted by atomic mass is 10.1. The Balaban J connectivity index is 2.20. The zero-order valence-electron chi connectivity index (χ0n) is 8.43. The molecule has 0 spiro atoms. The average Bonchev–Trinajstić information content (AvgIpc) is 2.15. The number of aromatic amines is 2. The molecule has 1 saturated heterocycles. The van der Waals surface area contributed by atoms with Crippen molar-refractivity contribution in [1.82, 2.24) is 9.97 Å². The highest BCUT2D eigenvalue weighted by Gasteiger charge is 2.34. The molecule has 0 atom stereocenters. The van der Waals surface area contributed by atoms with Gasteiger partial charge >= 0.3 is 5.69 Å². The summed E-state index contributed by atoms with van der Waals surface area (Å²) in [5.74, 6) is -2.35. The molecule has 0 unspecified atom stereocenters. The van der Waals surface area contributed by atoms with E-state index in [0.29, 0.717) is 5.82 Å². The van der Waals surface area contributed by atoms with E-state index in [0.717, 1.165) is 0 Å². The van der Waals surface area contributed by atoms with Crippen LogP contribution in [-0.2, 0) is 0 Å². The van der Waals surface area contributed by atoms with Gasteiger partial charge in [-0.1, -0.05) is 0 Å². The fourth-order valence-corrected chi connectivity index (χ4v) is 1.70. The van der Waals surface area contributed by atoms with Gasteiger partial charge in [0.2, 0.25) is 0 Å². The molecule has 1 fully saturated rings. The van der Waals surface area contributed by atoms with Crippen LogP contribution in [-0.4, -0.2) is 29.0 Å². The van der Waals surface area contributed by atoms with Crippen LogP contribution in [0.3, 0.4) is 0 Å². The number of rotatable bonds is 1. The van der Waals surface area contributed by atoms with Crippen molar-refractivity contribution >= 4 is 5.82 Å². The minimum Gasteiger partial charge on any atom is -0.357 e. The van der Waals surface area contributed by atoms with Crippen molar-refractivity contribution < 1.29 is 8.78 Å². The molecule has 0 aliphatic carbocycles. The maximum Gasteiger partial charge on any atom is 0.327 e. The van der Waals surface area contributed by atoms with Crippen LogP contribution in [0.2, 0.25) is 0 Å². The predicted molar refractivity (Wildman–Crippen MR) is 54.1 cm³/mol. The van der Waals surface area contributed by atoms with Crippen LogP contribution < -0.4 is 16.1 Å². The fraction of sp³-hybridized carbons (Fsp3) is 0.556. The zero-order valence-corrected chi connectivity index (χ0v) is 8.43. The highest BCUT2D eigenvalue weighted by Crippen LogP contribution is 2.28. The van der Waals surface area contributed by atoms with Crippen molar-refractivity contribution in [3.8, 4) is 0 Å². The van der Waals surface area contributed by atoms with E-state index < -0.39 is 17.2 Å². The smallest absolute Gasteiger partial charge is 0.327 e. The Morgan fingerprint density at radius 1 is 1.19 bits per heavy atom. The molecule has 1 aliphatic rings. The number of piperidine rings is 1. The molecule has 0 radical (unpaired) electrons. The number of nitrogens with one attached hydrogen (secondary N) is 2. The molecule has 1 aromatic rings. The van der Waals surface area contributed by atoms with E-state index in [1.807, 2.05) is 4.98 Å². The topological polar surface area (TPSA) is 69.0 Å². The Morgan fingerprint density at radius 2 is 1.81 bits per heavy atom. The Kier molecular flexibility index (Phi) is 2.53. The third kappa shape index (κ3) is 2.29. The maximum absolute atomic E-state index is 12.9. The third-order valence-corrected chi connectivity index (χ3v) is 2.58. The molecule has 7 heteroatoms. The Bertz CT molecular complexity index is 456. The lowest BCUT2D eigenvalue weighted by Crippen LogP contribution is -2.41. The van der Waals surface area contributed by atoms with Gasteiger partial charge in [0.05, 0.1) is 0 Å². The normalized spacial score (nSPS) is 19.8. The molecule has 0 bridgehead atoms. The largest absolute Gasteiger partial charge is 0.357 e. The van der Waals surface area contributed by atoms with Gasteiger partial charge in [0.15, 0.2) is 0 Å². The SMILES string of the molecule is O=c1cc(N2CCC(F)(F)CC2)[nH]c(=O)[nH]1. The second-order valence-corrected chi connectivity index (χ2v) is 3.82. The second-order valence-electron chi connectivity index (χ2n) is 3.82. The summed E-state index contributed by atoms with van der Waals surface area (Å²) in [6.07, 6.45) is -0.524. The number of hydrogen-bond acceptors (Lipinski definition) is 3. The summed E-state index contributed by atoms with van der Waals surface area (Å²) in [7, 11) is 0. The molecule has 88 valence electrons. The summed E-state index contributed by atoms with van der Waals surface area (Å²) in [5.41, 5.74) is -1.16. The van der Waals surface area contributed by atoms with Crippen LogP contribution in [0.4, 0.5) is 14.6 Å². The van der Waals surface area contributed by atoms with E-state index in [2.05, 4.69) is 4.98 Å².